The smallest absolute Gasteiger partial charge is 0.335 e. The van der Waals surface area contributed by atoms with Gasteiger partial charge in [-0.15, -0.1) is 0 Å². The molecule has 86 valence electrons. The van der Waals surface area contributed by atoms with Crippen LogP contribution in [0.1, 0.15) is 25.7 Å². The summed E-state index contributed by atoms with van der Waals surface area (Å²) in [5, 5.41) is 3.54. The predicted octanol–water partition coefficient (Wildman–Crippen LogP) is 1.32. The summed E-state index contributed by atoms with van der Waals surface area (Å²) in [6.45, 7) is 0. The van der Waals surface area contributed by atoms with E-state index in [1.165, 1.54) is 5.32 Å². The largest absolute Gasteiger partial charge is 0.471 e. The molecule has 0 aromatic heterocycles. The predicted molar refractivity (Wildman–Crippen MR) is 45.0 cm³/mol. The molecule has 0 aliphatic heterocycles. The molecule has 1 rings (SSSR count). The van der Waals surface area contributed by atoms with Crippen molar-refractivity contribution >= 4 is 11.9 Å². The van der Waals surface area contributed by atoms with E-state index in [2.05, 4.69) is 5.32 Å². The first kappa shape index (κ1) is 11.8. The minimum Gasteiger partial charge on any atom is -0.335 e. The lowest BCUT2D eigenvalue weighted by molar-refractivity contribution is -0.172. The Kier molecular flexibility index (Phi) is 3.54. The fourth-order valence-corrected chi connectivity index (χ4v) is 1.47. The normalized spacial score (nSPS) is 17.5. The summed E-state index contributed by atoms with van der Waals surface area (Å²) in [5.41, 5.74) is 0. The van der Waals surface area contributed by atoms with Gasteiger partial charge in [-0.2, -0.15) is 13.2 Å². The fourth-order valence-electron chi connectivity index (χ4n) is 1.47. The van der Waals surface area contributed by atoms with Crippen molar-refractivity contribution in [1.82, 2.24) is 10.6 Å². The van der Waals surface area contributed by atoms with Crippen LogP contribution in [0, 0.1) is 0 Å². The van der Waals surface area contributed by atoms with E-state index in [-0.39, 0.29) is 6.04 Å². The second-order valence-electron chi connectivity index (χ2n) is 3.41. The summed E-state index contributed by atoms with van der Waals surface area (Å²) >= 11 is 0. The van der Waals surface area contributed by atoms with E-state index < -0.39 is 18.1 Å². The van der Waals surface area contributed by atoms with Crippen LogP contribution in [0.2, 0.25) is 0 Å². The lowest BCUT2D eigenvalue weighted by atomic mass is 10.2. The number of nitrogens with one attached hydrogen (secondary N) is 2. The molecule has 0 saturated heterocycles. The van der Waals surface area contributed by atoms with Crippen LogP contribution in [0.4, 0.5) is 18.0 Å². The third-order valence-electron chi connectivity index (χ3n) is 2.17. The van der Waals surface area contributed by atoms with Gasteiger partial charge in [-0.3, -0.25) is 10.1 Å². The highest BCUT2D eigenvalue weighted by Gasteiger charge is 2.39. The monoisotopic (exact) mass is 224 g/mol. The summed E-state index contributed by atoms with van der Waals surface area (Å²) in [6.07, 6.45) is -1.65. The van der Waals surface area contributed by atoms with E-state index in [0.717, 1.165) is 25.7 Å². The molecule has 1 fully saturated rings. The first-order valence-electron chi connectivity index (χ1n) is 4.58. The third kappa shape index (κ3) is 3.77. The van der Waals surface area contributed by atoms with Gasteiger partial charge >= 0.3 is 18.1 Å². The molecule has 15 heavy (non-hydrogen) atoms. The van der Waals surface area contributed by atoms with Gasteiger partial charge in [0.1, 0.15) is 0 Å². The van der Waals surface area contributed by atoms with Crippen molar-refractivity contribution in [3.05, 3.63) is 0 Å². The summed E-state index contributed by atoms with van der Waals surface area (Å²) in [7, 11) is 0. The van der Waals surface area contributed by atoms with E-state index in [4.69, 9.17) is 0 Å². The molecule has 0 aromatic rings. The maximum atomic E-state index is 11.7. The second kappa shape index (κ2) is 4.50. The Bertz CT molecular complexity index is 259. The minimum absolute atomic E-state index is 0.119. The van der Waals surface area contributed by atoms with Gasteiger partial charge in [0.25, 0.3) is 0 Å². The molecule has 7 heteroatoms. The van der Waals surface area contributed by atoms with Crippen molar-refractivity contribution in [3.8, 4) is 0 Å². The quantitative estimate of drug-likeness (QED) is 0.705. The lowest BCUT2D eigenvalue weighted by Crippen LogP contribution is -2.48. The minimum atomic E-state index is -5.02. The Balaban J connectivity index is 2.32. The molecule has 1 aliphatic carbocycles. The van der Waals surface area contributed by atoms with E-state index in [1.807, 2.05) is 0 Å². The molecule has 1 aliphatic rings. The number of hydrogen-bond acceptors (Lipinski definition) is 2. The Morgan fingerprint density at radius 2 is 1.67 bits per heavy atom. The Labute approximate surface area is 84.2 Å². The molecular weight excluding hydrogens is 213 g/mol. The highest BCUT2D eigenvalue weighted by molar-refractivity contribution is 5.97. The summed E-state index contributed by atoms with van der Waals surface area (Å²) in [6, 6.07) is -1.20. The van der Waals surface area contributed by atoms with Gasteiger partial charge in [-0.1, -0.05) is 12.8 Å². The molecule has 0 heterocycles. The fraction of sp³-hybridized carbons (Fsp3) is 0.750. The summed E-state index contributed by atoms with van der Waals surface area (Å²) in [5.74, 6) is -2.24. The second-order valence-corrected chi connectivity index (χ2v) is 3.41. The average molecular weight is 224 g/mol. The van der Waals surface area contributed by atoms with Crippen LogP contribution in [0.3, 0.4) is 0 Å². The van der Waals surface area contributed by atoms with E-state index >= 15 is 0 Å². The van der Waals surface area contributed by atoms with Gasteiger partial charge in [0.2, 0.25) is 0 Å². The molecule has 0 spiro atoms. The van der Waals surface area contributed by atoms with E-state index in [9.17, 15) is 22.8 Å². The number of halogens is 3. The van der Waals surface area contributed by atoms with Crippen LogP contribution in [0.5, 0.6) is 0 Å². The number of carbonyl (C=O) groups is 2. The van der Waals surface area contributed by atoms with Crippen LogP contribution in [-0.4, -0.2) is 24.2 Å². The molecule has 0 atom stereocenters. The molecule has 0 bridgehead atoms. The first-order chi connectivity index (χ1) is 6.89. The number of amides is 3. The molecule has 0 aromatic carbocycles. The number of hydrogen-bond donors (Lipinski definition) is 2. The van der Waals surface area contributed by atoms with Gasteiger partial charge in [-0.25, -0.2) is 4.79 Å². The van der Waals surface area contributed by atoms with Gasteiger partial charge in [0.05, 0.1) is 0 Å². The standard InChI is InChI=1S/C8H11F3N2O2/c9-8(10,11)6(14)13-7(15)12-5-3-1-2-4-5/h5H,1-4H2,(H2,12,13,14,15). The first-order valence-corrected chi connectivity index (χ1v) is 4.58. The van der Waals surface area contributed by atoms with Crippen molar-refractivity contribution < 1.29 is 22.8 Å². The zero-order valence-corrected chi connectivity index (χ0v) is 7.86. The number of alkyl halides is 3. The maximum absolute atomic E-state index is 11.7. The van der Waals surface area contributed by atoms with Crippen LogP contribution < -0.4 is 10.6 Å². The van der Waals surface area contributed by atoms with Crippen LogP contribution in [0.15, 0.2) is 0 Å². The molecule has 2 N–H and O–H groups in total. The van der Waals surface area contributed by atoms with Gasteiger partial charge in [0, 0.05) is 6.04 Å². The molecule has 0 radical (unpaired) electrons. The van der Waals surface area contributed by atoms with Crippen molar-refractivity contribution in [2.24, 2.45) is 0 Å². The topological polar surface area (TPSA) is 58.2 Å². The molecule has 1 saturated carbocycles. The van der Waals surface area contributed by atoms with Crippen molar-refractivity contribution in [3.63, 3.8) is 0 Å². The third-order valence-corrected chi connectivity index (χ3v) is 2.17. The van der Waals surface area contributed by atoms with E-state index in [1.54, 1.807) is 0 Å². The van der Waals surface area contributed by atoms with Crippen molar-refractivity contribution in [2.75, 3.05) is 0 Å². The zero-order valence-electron chi connectivity index (χ0n) is 7.86. The highest BCUT2D eigenvalue weighted by Crippen LogP contribution is 2.17. The molecule has 0 unspecified atom stereocenters. The number of rotatable bonds is 1. The van der Waals surface area contributed by atoms with Gasteiger partial charge in [0.15, 0.2) is 0 Å². The van der Waals surface area contributed by atoms with Crippen LogP contribution >= 0.6 is 0 Å². The highest BCUT2D eigenvalue weighted by atomic mass is 19.4. The van der Waals surface area contributed by atoms with Gasteiger partial charge < -0.3 is 5.32 Å². The van der Waals surface area contributed by atoms with Crippen LogP contribution in [-0.2, 0) is 4.79 Å². The zero-order chi connectivity index (χ0) is 11.5. The summed E-state index contributed by atoms with van der Waals surface area (Å²) < 4.78 is 35.2. The summed E-state index contributed by atoms with van der Waals surface area (Å²) in [4.78, 5) is 21.3. The Morgan fingerprint density at radius 1 is 1.13 bits per heavy atom. The van der Waals surface area contributed by atoms with E-state index in [0.29, 0.717) is 0 Å². The Hall–Kier alpha value is -1.27. The van der Waals surface area contributed by atoms with Gasteiger partial charge in [-0.05, 0) is 12.8 Å². The van der Waals surface area contributed by atoms with Crippen LogP contribution in [0.25, 0.3) is 0 Å². The Morgan fingerprint density at radius 3 is 2.13 bits per heavy atom. The number of urea groups is 1. The SMILES string of the molecule is O=C(NC(=O)C(F)(F)F)NC1CCCC1. The molecule has 3 amide bonds. The average Bonchev–Trinajstić information content (AvgIpc) is 2.54. The number of imide groups is 1. The molecular formula is C8H11F3N2O2. The maximum Gasteiger partial charge on any atom is 0.471 e. The number of carbonyl (C=O) groups excluding carboxylic acids is 2. The lowest BCUT2D eigenvalue weighted by Gasteiger charge is -2.12. The van der Waals surface area contributed by atoms with Crippen molar-refractivity contribution in [2.45, 2.75) is 37.9 Å². The molecule has 4 nitrogen and oxygen atoms in total. The van der Waals surface area contributed by atoms with Crippen molar-refractivity contribution in [1.29, 1.82) is 0 Å².